The van der Waals surface area contributed by atoms with Gasteiger partial charge in [-0.1, -0.05) is 12.0 Å². The molecule has 104 valence electrons. The van der Waals surface area contributed by atoms with E-state index in [2.05, 4.69) is 16.0 Å². The summed E-state index contributed by atoms with van der Waals surface area (Å²) in [6, 6.07) is 5.70. The van der Waals surface area contributed by atoms with Crippen LogP contribution in [0.15, 0.2) is 24.5 Å². The zero-order chi connectivity index (χ0) is 15.0. The molecule has 3 rings (SSSR count). The third-order valence-corrected chi connectivity index (χ3v) is 3.39. The predicted octanol–water partition coefficient (Wildman–Crippen LogP) is 1.46. The van der Waals surface area contributed by atoms with Crippen LogP contribution >= 0.6 is 0 Å². The molecule has 6 nitrogen and oxygen atoms in total. The number of imidazole rings is 1. The Morgan fingerprint density at radius 3 is 3.00 bits per heavy atom. The molecule has 0 unspecified atom stereocenters. The summed E-state index contributed by atoms with van der Waals surface area (Å²) in [6.45, 7) is 0.221. The van der Waals surface area contributed by atoms with Crippen molar-refractivity contribution in [2.75, 3.05) is 5.73 Å². The number of carbonyl (C=O) groups excluding carboxylic acids is 1. The molecule has 21 heavy (non-hydrogen) atoms. The van der Waals surface area contributed by atoms with Gasteiger partial charge in [-0.25, -0.2) is 9.67 Å². The zero-order valence-corrected chi connectivity index (χ0v) is 11.4. The highest BCUT2D eigenvalue weighted by Crippen LogP contribution is 2.28. The van der Waals surface area contributed by atoms with Crippen molar-refractivity contribution < 1.29 is 4.79 Å². The van der Waals surface area contributed by atoms with Gasteiger partial charge < -0.3 is 10.3 Å². The number of terminal acetylenes is 1. The van der Waals surface area contributed by atoms with Crippen LogP contribution in [-0.2, 0) is 13.6 Å². The zero-order valence-electron chi connectivity index (χ0n) is 11.4. The largest absolute Gasteiger partial charge is 0.383 e. The number of nitrogens with two attached hydrogens (primary N) is 1. The van der Waals surface area contributed by atoms with Gasteiger partial charge in [0.15, 0.2) is 6.29 Å². The highest BCUT2D eigenvalue weighted by Gasteiger charge is 2.17. The molecule has 0 aliphatic heterocycles. The maximum atomic E-state index is 11.3. The normalized spacial score (nSPS) is 10.7. The molecule has 2 heterocycles. The first-order valence-electron chi connectivity index (χ1n) is 6.32. The van der Waals surface area contributed by atoms with Gasteiger partial charge in [0, 0.05) is 12.6 Å². The van der Waals surface area contributed by atoms with E-state index in [1.807, 2.05) is 29.8 Å². The molecule has 0 aliphatic rings. The minimum absolute atomic E-state index is 0.221. The maximum Gasteiger partial charge on any atom is 0.156 e. The second-order valence-corrected chi connectivity index (χ2v) is 4.69. The molecular weight excluding hydrogens is 266 g/mol. The fourth-order valence-corrected chi connectivity index (χ4v) is 2.31. The van der Waals surface area contributed by atoms with Crippen LogP contribution in [0, 0.1) is 12.3 Å². The number of nitrogen functional groups attached to an aromatic ring is 1. The monoisotopic (exact) mass is 279 g/mol. The standard InChI is InChI=1S/C15H13N5O/c1-3-6-20-15(16)11(8-21)14(18-20)10-4-5-13-12(7-10)17-9-19(13)2/h1,4-5,7-9H,6,16H2,2H3. The maximum absolute atomic E-state index is 11.3. The summed E-state index contributed by atoms with van der Waals surface area (Å²) >= 11 is 0. The number of carbonyl (C=O) groups is 1. The topological polar surface area (TPSA) is 78.7 Å². The molecule has 2 aromatic heterocycles. The minimum Gasteiger partial charge on any atom is -0.383 e. The molecule has 6 heteroatoms. The summed E-state index contributed by atoms with van der Waals surface area (Å²) < 4.78 is 3.37. The Morgan fingerprint density at radius 1 is 1.48 bits per heavy atom. The number of hydrogen-bond donors (Lipinski definition) is 1. The molecule has 0 radical (unpaired) electrons. The van der Waals surface area contributed by atoms with Gasteiger partial charge in [0.1, 0.15) is 18.1 Å². The van der Waals surface area contributed by atoms with E-state index >= 15 is 0 Å². The average Bonchev–Trinajstić information content (AvgIpc) is 3.01. The van der Waals surface area contributed by atoms with Crippen molar-refractivity contribution in [3.63, 3.8) is 0 Å². The Labute approximate surface area is 121 Å². The Hall–Kier alpha value is -3.07. The molecule has 0 fully saturated rings. The first kappa shape index (κ1) is 12.9. The van der Waals surface area contributed by atoms with Crippen molar-refractivity contribution in [3.05, 3.63) is 30.1 Å². The molecule has 1 aromatic carbocycles. The smallest absolute Gasteiger partial charge is 0.156 e. The number of nitrogens with zero attached hydrogens (tertiary/aromatic N) is 4. The molecular formula is C15H13N5O. The van der Waals surface area contributed by atoms with E-state index in [1.54, 1.807) is 6.33 Å². The van der Waals surface area contributed by atoms with Crippen molar-refractivity contribution in [2.24, 2.45) is 7.05 Å². The van der Waals surface area contributed by atoms with Crippen LogP contribution in [0.1, 0.15) is 10.4 Å². The first-order chi connectivity index (χ1) is 10.2. The quantitative estimate of drug-likeness (QED) is 0.581. The van der Waals surface area contributed by atoms with Crippen LogP contribution in [0.4, 0.5) is 5.82 Å². The minimum atomic E-state index is 0.221. The summed E-state index contributed by atoms with van der Waals surface area (Å²) in [4.78, 5) is 15.6. The number of fused-ring (bicyclic) bond motifs is 1. The van der Waals surface area contributed by atoms with Crippen LogP contribution in [0.5, 0.6) is 0 Å². The third-order valence-electron chi connectivity index (χ3n) is 3.39. The van der Waals surface area contributed by atoms with Gasteiger partial charge >= 0.3 is 0 Å². The van der Waals surface area contributed by atoms with Gasteiger partial charge in [-0.05, 0) is 12.1 Å². The van der Waals surface area contributed by atoms with Crippen LogP contribution < -0.4 is 5.73 Å². The average molecular weight is 279 g/mol. The molecule has 0 saturated carbocycles. The van der Waals surface area contributed by atoms with E-state index in [0.29, 0.717) is 17.5 Å². The van der Waals surface area contributed by atoms with Crippen LogP contribution in [0.3, 0.4) is 0 Å². The van der Waals surface area contributed by atoms with E-state index in [-0.39, 0.29) is 12.4 Å². The lowest BCUT2D eigenvalue weighted by Crippen LogP contribution is -2.03. The number of aromatic nitrogens is 4. The van der Waals surface area contributed by atoms with Crippen molar-refractivity contribution >= 4 is 23.1 Å². The third kappa shape index (κ3) is 1.96. The number of hydrogen-bond acceptors (Lipinski definition) is 4. The Balaban J connectivity index is 2.19. The van der Waals surface area contributed by atoms with Gasteiger partial charge in [-0.2, -0.15) is 5.10 Å². The number of rotatable bonds is 3. The number of aldehydes is 1. The van der Waals surface area contributed by atoms with Crippen LogP contribution in [-0.4, -0.2) is 25.6 Å². The lowest BCUT2D eigenvalue weighted by atomic mass is 10.1. The van der Waals surface area contributed by atoms with Gasteiger partial charge in [-0.3, -0.25) is 4.79 Å². The second-order valence-electron chi connectivity index (χ2n) is 4.69. The molecule has 0 saturated heterocycles. The molecule has 0 bridgehead atoms. The van der Waals surface area contributed by atoms with E-state index in [9.17, 15) is 4.79 Å². The fraction of sp³-hybridized carbons (Fsp3) is 0.133. The molecule has 2 N–H and O–H groups in total. The van der Waals surface area contributed by atoms with E-state index in [4.69, 9.17) is 12.2 Å². The summed E-state index contributed by atoms with van der Waals surface area (Å²) in [6.07, 6.45) is 7.72. The molecule has 0 amide bonds. The Morgan fingerprint density at radius 2 is 2.29 bits per heavy atom. The van der Waals surface area contributed by atoms with Crippen LogP contribution in [0.2, 0.25) is 0 Å². The van der Waals surface area contributed by atoms with E-state index < -0.39 is 0 Å². The predicted molar refractivity (Wildman–Crippen MR) is 80.6 cm³/mol. The second kappa shape index (κ2) is 4.80. The number of benzene rings is 1. The van der Waals surface area contributed by atoms with Crippen molar-refractivity contribution in [1.82, 2.24) is 19.3 Å². The van der Waals surface area contributed by atoms with Gasteiger partial charge in [0.2, 0.25) is 0 Å². The summed E-state index contributed by atoms with van der Waals surface area (Å²) in [7, 11) is 1.92. The molecule has 3 aromatic rings. The van der Waals surface area contributed by atoms with Gasteiger partial charge in [-0.15, -0.1) is 6.42 Å². The van der Waals surface area contributed by atoms with E-state index in [1.165, 1.54) is 4.68 Å². The Bertz CT molecular complexity index is 881. The van der Waals surface area contributed by atoms with Gasteiger partial charge in [0.05, 0.1) is 22.9 Å². The number of aryl methyl sites for hydroxylation is 1. The Kier molecular flexibility index (Phi) is 2.95. The fourth-order valence-electron chi connectivity index (χ4n) is 2.31. The molecule has 0 aliphatic carbocycles. The number of anilines is 1. The highest BCUT2D eigenvalue weighted by atomic mass is 16.1. The highest BCUT2D eigenvalue weighted by molar-refractivity contribution is 5.93. The first-order valence-corrected chi connectivity index (χ1v) is 6.32. The summed E-state index contributed by atoms with van der Waals surface area (Å²) in [5.41, 5.74) is 9.39. The van der Waals surface area contributed by atoms with Crippen molar-refractivity contribution in [1.29, 1.82) is 0 Å². The van der Waals surface area contributed by atoms with Gasteiger partial charge in [0.25, 0.3) is 0 Å². The lowest BCUT2D eigenvalue weighted by molar-refractivity contribution is 0.112. The SMILES string of the molecule is C#CCn1nc(-c2ccc3c(c2)ncn3C)c(C=O)c1N. The molecule has 0 spiro atoms. The van der Waals surface area contributed by atoms with Crippen molar-refractivity contribution in [3.8, 4) is 23.6 Å². The van der Waals surface area contributed by atoms with Crippen molar-refractivity contribution in [2.45, 2.75) is 6.54 Å². The van der Waals surface area contributed by atoms with Crippen LogP contribution in [0.25, 0.3) is 22.3 Å². The molecule has 0 atom stereocenters. The lowest BCUT2D eigenvalue weighted by Gasteiger charge is -1.99. The summed E-state index contributed by atoms with van der Waals surface area (Å²) in [5.74, 6) is 2.74. The summed E-state index contributed by atoms with van der Waals surface area (Å²) in [5, 5.41) is 4.34. The van der Waals surface area contributed by atoms with E-state index in [0.717, 1.165) is 16.6 Å².